The van der Waals surface area contributed by atoms with E-state index in [1.54, 1.807) is 17.5 Å². The largest absolute Gasteiger partial charge is 0.471 e. The van der Waals surface area contributed by atoms with E-state index in [4.69, 9.17) is 0 Å². The second-order valence-corrected chi connectivity index (χ2v) is 8.74. The summed E-state index contributed by atoms with van der Waals surface area (Å²) in [5.41, 5.74) is 1.07. The average molecular weight is 429 g/mol. The Kier molecular flexibility index (Phi) is 7.38. The van der Waals surface area contributed by atoms with Gasteiger partial charge in [-0.1, -0.05) is 30.6 Å². The SMILES string of the molecule is O=C(NC1CCCC1)C(c1cccs1)N(CCC1=CCCCC1)C(=O)C(F)(F)F. The number of thiophene rings is 1. The van der Waals surface area contributed by atoms with E-state index in [9.17, 15) is 22.8 Å². The van der Waals surface area contributed by atoms with Gasteiger partial charge >= 0.3 is 12.1 Å². The van der Waals surface area contributed by atoms with Crippen LogP contribution >= 0.6 is 11.3 Å². The Bertz CT molecular complexity index is 725. The van der Waals surface area contributed by atoms with Gasteiger partial charge in [0, 0.05) is 17.5 Å². The van der Waals surface area contributed by atoms with Crippen LogP contribution in [-0.2, 0) is 9.59 Å². The van der Waals surface area contributed by atoms with E-state index in [1.807, 2.05) is 0 Å². The van der Waals surface area contributed by atoms with Crippen molar-refractivity contribution in [3.8, 4) is 0 Å². The van der Waals surface area contributed by atoms with Gasteiger partial charge in [0.2, 0.25) is 5.91 Å². The molecule has 2 aliphatic carbocycles. The van der Waals surface area contributed by atoms with Gasteiger partial charge in [0.15, 0.2) is 0 Å². The topological polar surface area (TPSA) is 49.4 Å². The van der Waals surface area contributed by atoms with Crippen LogP contribution in [-0.4, -0.2) is 35.5 Å². The van der Waals surface area contributed by atoms with E-state index in [2.05, 4.69) is 11.4 Å². The smallest absolute Gasteiger partial charge is 0.351 e. The Labute approximate surface area is 173 Å². The van der Waals surface area contributed by atoms with E-state index in [0.29, 0.717) is 11.3 Å². The van der Waals surface area contributed by atoms with Gasteiger partial charge in [-0.2, -0.15) is 13.2 Å². The zero-order valence-electron chi connectivity index (χ0n) is 16.3. The molecule has 8 heteroatoms. The molecule has 1 aromatic rings. The molecule has 1 fully saturated rings. The molecule has 1 N–H and O–H groups in total. The molecule has 0 radical (unpaired) electrons. The Morgan fingerprint density at radius 1 is 1.21 bits per heavy atom. The molecule has 1 atom stereocenters. The number of nitrogens with one attached hydrogen (secondary N) is 1. The first-order chi connectivity index (χ1) is 13.9. The number of carbonyl (C=O) groups is 2. The van der Waals surface area contributed by atoms with Crippen molar-refractivity contribution in [1.29, 1.82) is 0 Å². The molecule has 1 aromatic heterocycles. The minimum Gasteiger partial charge on any atom is -0.351 e. The Hall–Kier alpha value is -1.83. The first kappa shape index (κ1) is 21.9. The summed E-state index contributed by atoms with van der Waals surface area (Å²) in [5, 5.41) is 4.60. The third-order valence-electron chi connectivity index (χ3n) is 5.64. The van der Waals surface area contributed by atoms with Crippen LogP contribution in [0.1, 0.15) is 68.7 Å². The summed E-state index contributed by atoms with van der Waals surface area (Å²) in [4.78, 5) is 26.5. The van der Waals surface area contributed by atoms with Crippen LogP contribution in [0.15, 0.2) is 29.2 Å². The van der Waals surface area contributed by atoms with Crippen molar-refractivity contribution in [2.24, 2.45) is 0 Å². The molecule has 160 valence electrons. The summed E-state index contributed by atoms with van der Waals surface area (Å²) < 4.78 is 40.2. The molecular formula is C21H27F3N2O2S. The number of nitrogens with zero attached hydrogens (tertiary/aromatic N) is 1. The van der Waals surface area contributed by atoms with Crippen molar-refractivity contribution in [3.05, 3.63) is 34.0 Å². The number of allylic oxidation sites excluding steroid dienone is 1. The number of hydrogen-bond acceptors (Lipinski definition) is 3. The number of halogens is 3. The van der Waals surface area contributed by atoms with Gasteiger partial charge in [-0.05, 0) is 56.4 Å². The van der Waals surface area contributed by atoms with Crippen molar-refractivity contribution in [1.82, 2.24) is 10.2 Å². The second-order valence-electron chi connectivity index (χ2n) is 7.76. The zero-order chi connectivity index (χ0) is 20.9. The first-order valence-electron chi connectivity index (χ1n) is 10.3. The van der Waals surface area contributed by atoms with Crippen LogP contribution in [0.3, 0.4) is 0 Å². The normalized spacial score (nSPS) is 18.9. The van der Waals surface area contributed by atoms with E-state index < -0.39 is 24.0 Å². The highest BCUT2D eigenvalue weighted by atomic mass is 32.1. The van der Waals surface area contributed by atoms with Crippen LogP contribution in [0, 0.1) is 0 Å². The molecule has 0 spiro atoms. The Morgan fingerprint density at radius 2 is 1.97 bits per heavy atom. The molecule has 3 rings (SSSR count). The first-order valence-corrected chi connectivity index (χ1v) is 11.1. The standard InChI is InChI=1S/C21H27F3N2O2S/c22-21(23,24)20(28)26(13-12-15-7-2-1-3-8-15)18(17-11-6-14-29-17)19(27)25-16-9-4-5-10-16/h6-7,11,14,16,18H,1-5,8-10,12-13H2,(H,25,27). The van der Waals surface area contributed by atoms with Crippen molar-refractivity contribution in [2.75, 3.05) is 6.54 Å². The Morgan fingerprint density at radius 3 is 2.55 bits per heavy atom. The molecule has 2 aliphatic rings. The highest BCUT2D eigenvalue weighted by Gasteiger charge is 2.47. The zero-order valence-corrected chi connectivity index (χ0v) is 17.2. The maximum Gasteiger partial charge on any atom is 0.471 e. The fraction of sp³-hybridized carbons (Fsp3) is 0.619. The number of alkyl halides is 3. The van der Waals surface area contributed by atoms with Gasteiger partial charge in [-0.3, -0.25) is 9.59 Å². The fourth-order valence-corrected chi connectivity index (χ4v) is 4.96. The summed E-state index contributed by atoms with van der Waals surface area (Å²) >= 11 is 1.20. The lowest BCUT2D eigenvalue weighted by atomic mass is 9.97. The van der Waals surface area contributed by atoms with Gasteiger partial charge in [0.1, 0.15) is 6.04 Å². The summed E-state index contributed by atoms with van der Waals surface area (Å²) in [5.74, 6) is -2.47. The van der Waals surface area contributed by atoms with E-state index in [-0.39, 0.29) is 12.6 Å². The van der Waals surface area contributed by atoms with Crippen molar-refractivity contribution < 1.29 is 22.8 Å². The lowest BCUT2D eigenvalue weighted by molar-refractivity contribution is -0.188. The van der Waals surface area contributed by atoms with Crippen LogP contribution in [0.4, 0.5) is 13.2 Å². The molecule has 0 aliphatic heterocycles. The van der Waals surface area contributed by atoms with Gasteiger partial charge in [-0.15, -0.1) is 11.3 Å². The molecule has 29 heavy (non-hydrogen) atoms. The lowest BCUT2D eigenvalue weighted by Crippen LogP contribution is -2.50. The summed E-state index contributed by atoms with van der Waals surface area (Å²) in [6.07, 6.45) is 4.87. The third kappa shape index (κ3) is 5.84. The summed E-state index contributed by atoms with van der Waals surface area (Å²) in [6.45, 7) is -0.120. The molecule has 1 saturated carbocycles. The molecule has 2 amide bonds. The lowest BCUT2D eigenvalue weighted by Gasteiger charge is -2.32. The molecular weight excluding hydrogens is 401 g/mol. The number of carbonyl (C=O) groups excluding carboxylic acids is 2. The predicted molar refractivity (Wildman–Crippen MR) is 106 cm³/mol. The van der Waals surface area contributed by atoms with Gasteiger partial charge < -0.3 is 10.2 Å². The third-order valence-corrected chi connectivity index (χ3v) is 6.56. The second kappa shape index (κ2) is 9.78. The van der Waals surface area contributed by atoms with Gasteiger partial charge in [0.05, 0.1) is 0 Å². The maximum absolute atomic E-state index is 13.4. The number of rotatable bonds is 7. The minimum atomic E-state index is -5.02. The average Bonchev–Trinajstić information content (AvgIpc) is 3.38. The summed E-state index contributed by atoms with van der Waals surface area (Å²) in [7, 11) is 0. The van der Waals surface area contributed by atoms with E-state index >= 15 is 0 Å². The number of hydrogen-bond donors (Lipinski definition) is 1. The molecule has 1 heterocycles. The monoisotopic (exact) mass is 428 g/mol. The molecule has 0 aromatic carbocycles. The minimum absolute atomic E-state index is 0.0335. The molecule has 4 nitrogen and oxygen atoms in total. The highest BCUT2D eigenvalue weighted by Crippen LogP contribution is 2.32. The van der Waals surface area contributed by atoms with Crippen LogP contribution in [0.25, 0.3) is 0 Å². The molecule has 0 saturated heterocycles. The highest BCUT2D eigenvalue weighted by molar-refractivity contribution is 7.10. The quantitative estimate of drug-likeness (QED) is 0.612. The van der Waals surface area contributed by atoms with Gasteiger partial charge in [-0.25, -0.2) is 0 Å². The maximum atomic E-state index is 13.4. The van der Waals surface area contributed by atoms with Gasteiger partial charge in [0.25, 0.3) is 0 Å². The fourth-order valence-electron chi connectivity index (χ4n) is 4.13. The molecule has 0 bridgehead atoms. The van der Waals surface area contributed by atoms with E-state index in [1.165, 1.54) is 11.3 Å². The van der Waals surface area contributed by atoms with Crippen molar-refractivity contribution in [2.45, 2.75) is 76.0 Å². The van der Waals surface area contributed by atoms with Crippen molar-refractivity contribution >= 4 is 23.2 Å². The van der Waals surface area contributed by atoms with Crippen LogP contribution in [0.5, 0.6) is 0 Å². The van der Waals surface area contributed by atoms with Crippen LogP contribution in [0.2, 0.25) is 0 Å². The van der Waals surface area contributed by atoms with Crippen molar-refractivity contribution in [3.63, 3.8) is 0 Å². The molecule has 1 unspecified atom stereocenters. The summed E-state index contributed by atoms with van der Waals surface area (Å²) in [6, 6.07) is 2.03. The van der Waals surface area contributed by atoms with Crippen LogP contribution < -0.4 is 5.32 Å². The number of amides is 2. The van der Waals surface area contributed by atoms with E-state index in [0.717, 1.165) is 61.8 Å². The predicted octanol–water partition coefficient (Wildman–Crippen LogP) is 5.13. The Balaban J connectivity index is 1.85.